The molecule has 0 saturated carbocycles. The van der Waals surface area contributed by atoms with Crippen LogP contribution in [0.5, 0.6) is 0 Å². The second-order valence-corrected chi connectivity index (χ2v) is 12.7. The van der Waals surface area contributed by atoms with Crippen LogP contribution >= 0.6 is 0 Å². The van der Waals surface area contributed by atoms with Crippen LogP contribution in [-0.4, -0.2) is 72.8 Å². The maximum atomic E-state index is 13.2. The van der Waals surface area contributed by atoms with E-state index in [9.17, 15) is 14.4 Å². The van der Waals surface area contributed by atoms with Gasteiger partial charge in [-0.05, 0) is 98.3 Å². The smallest absolute Gasteiger partial charge is 0.338 e. The Kier molecular flexibility index (Phi) is 8.73. The van der Waals surface area contributed by atoms with E-state index in [1.807, 2.05) is 41.5 Å². The van der Waals surface area contributed by atoms with Crippen LogP contribution in [-0.2, 0) is 28.4 Å². The molecule has 0 N–H and O–H groups in total. The number of hydrogen-bond donors (Lipinski definition) is 0. The first-order valence-electron chi connectivity index (χ1n) is 13.9. The molecular formula is C30H42O9. The van der Waals surface area contributed by atoms with Crippen LogP contribution in [0.3, 0.4) is 0 Å². The summed E-state index contributed by atoms with van der Waals surface area (Å²) in [6.45, 7) is 13.2. The van der Waals surface area contributed by atoms with E-state index in [-0.39, 0.29) is 35.0 Å². The number of hydrogen-bond acceptors (Lipinski definition) is 9. The summed E-state index contributed by atoms with van der Waals surface area (Å²) in [5.41, 5.74) is -2.00. The Morgan fingerprint density at radius 2 is 0.821 bits per heavy atom. The molecular weight excluding hydrogens is 504 g/mol. The Bertz CT molecular complexity index is 917. The lowest BCUT2D eigenvalue weighted by atomic mass is 9.99. The van der Waals surface area contributed by atoms with Gasteiger partial charge in [-0.1, -0.05) is 0 Å². The van der Waals surface area contributed by atoms with Crippen molar-refractivity contribution in [3.05, 3.63) is 34.9 Å². The molecule has 3 fully saturated rings. The van der Waals surface area contributed by atoms with E-state index >= 15 is 0 Å². The highest BCUT2D eigenvalue weighted by molar-refractivity contribution is 6.00. The van der Waals surface area contributed by atoms with Crippen molar-refractivity contribution < 1.29 is 42.8 Å². The van der Waals surface area contributed by atoms with Crippen LogP contribution in [0.4, 0.5) is 0 Å². The normalized spacial score (nSPS) is 22.2. The molecule has 3 saturated heterocycles. The number of benzene rings is 1. The zero-order valence-electron chi connectivity index (χ0n) is 24.0. The maximum Gasteiger partial charge on any atom is 0.338 e. The molecule has 39 heavy (non-hydrogen) atoms. The van der Waals surface area contributed by atoms with E-state index in [1.54, 1.807) is 0 Å². The van der Waals surface area contributed by atoms with Gasteiger partial charge < -0.3 is 28.4 Å². The van der Waals surface area contributed by atoms with Crippen LogP contribution in [0, 0.1) is 0 Å². The molecule has 9 nitrogen and oxygen atoms in total. The predicted molar refractivity (Wildman–Crippen MR) is 142 cm³/mol. The molecule has 1 aromatic carbocycles. The van der Waals surface area contributed by atoms with Crippen molar-refractivity contribution in [2.45, 2.75) is 115 Å². The Morgan fingerprint density at radius 1 is 0.590 bits per heavy atom. The summed E-state index contributed by atoms with van der Waals surface area (Å²) in [5.74, 6) is -1.89. The van der Waals surface area contributed by atoms with Crippen molar-refractivity contribution in [2.24, 2.45) is 0 Å². The molecule has 3 aliphatic heterocycles. The number of ether oxygens (including phenoxy) is 6. The molecule has 3 aliphatic rings. The van der Waals surface area contributed by atoms with Gasteiger partial charge in [0.15, 0.2) is 0 Å². The van der Waals surface area contributed by atoms with E-state index in [2.05, 4.69) is 0 Å². The monoisotopic (exact) mass is 546 g/mol. The van der Waals surface area contributed by atoms with Gasteiger partial charge in [0.2, 0.25) is 0 Å². The van der Waals surface area contributed by atoms with E-state index < -0.39 is 34.7 Å². The van der Waals surface area contributed by atoms with Crippen molar-refractivity contribution in [2.75, 3.05) is 19.8 Å². The molecule has 0 radical (unpaired) electrons. The molecule has 9 heteroatoms. The van der Waals surface area contributed by atoms with Crippen molar-refractivity contribution in [3.8, 4) is 0 Å². The summed E-state index contributed by atoms with van der Waals surface area (Å²) in [6, 6.07) is 4.24. The van der Waals surface area contributed by atoms with Crippen LogP contribution in [0.25, 0.3) is 0 Å². The number of carbonyl (C=O) groups excluding carboxylic acids is 3. The van der Waals surface area contributed by atoms with Gasteiger partial charge in [-0.25, -0.2) is 14.4 Å². The van der Waals surface area contributed by atoms with E-state index in [4.69, 9.17) is 28.4 Å². The van der Waals surface area contributed by atoms with Gasteiger partial charge in [0.1, 0.15) is 16.8 Å². The summed E-state index contributed by atoms with van der Waals surface area (Å²) in [6.07, 6.45) is 4.87. The van der Waals surface area contributed by atoms with Gasteiger partial charge in [-0.15, -0.1) is 0 Å². The lowest BCUT2D eigenvalue weighted by Gasteiger charge is -2.27. The van der Waals surface area contributed by atoms with E-state index in [0.717, 1.165) is 39.1 Å². The van der Waals surface area contributed by atoms with E-state index in [1.165, 1.54) is 18.2 Å². The largest absolute Gasteiger partial charge is 0.456 e. The van der Waals surface area contributed by atoms with Crippen LogP contribution in [0.1, 0.15) is 111 Å². The molecule has 0 spiro atoms. The Morgan fingerprint density at radius 3 is 1.03 bits per heavy atom. The minimum absolute atomic E-state index is 0.0838. The molecule has 3 unspecified atom stereocenters. The van der Waals surface area contributed by atoms with Gasteiger partial charge >= 0.3 is 17.9 Å². The minimum Gasteiger partial charge on any atom is -0.456 e. The third-order valence-corrected chi connectivity index (χ3v) is 7.16. The molecule has 216 valence electrons. The van der Waals surface area contributed by atoms with Gasteiger partial charge in [-0.3, -0.25) is 0 Å². The zero-order chi connectivity index (χ0) is 28.4. The fourth-order valence-corrected chi connectivity index (χ4v) is 4.29. The molecule has 0 bridgehead atoms. The SMILES string of the molecule is CC(C)(CCC1CO1)OC(=O)c1cc(C(=O)OC(C)(C)CCC2CO2)cc(C(=O)OC(C)(C)CCC2CO2)c1. The molecule has 0 aliphatic carbocycles. The van der Waals surface area contributed by atoms with Crippen molar-refractivity contribution in [1.29, 1.82) is 0 Å². The van der Waals surface area contributed by atoms with Crippen LogP contribution in [0.15, 0.2) is 18.2 Å². The van der Waals surface area contributed by atoms with Gasteiger partial charge in [0.05, 0.1) is 54.8 Å². The third-order valence-electron chi connectivity index (χ3n) is 7.16. The predicted octanol–water partition coefficient (Wildman–Crippen LogP) is 5.03. The van der Waals surface area contributed by atoms with Crippen molar-refractivity contribution in [1.82, 2.24) is 0 Å². The highest BCUT2D eigenvalue weighted by Crippen LogP contribution is 2.29. The third kappa shape index (κ3) is 9.89. The molecule has 3 heterocycles. The van der Waals surface area contributed by atoms with Gasteiger partial charge in [-0.2, -0.15) is 0 Å². The molecule has 1 aromatic rings. The fourth-order valence-electron chi connectivity index (χ4n) is 4.29. The zero-order valence-corrected chi connectivity index (χ0v) is 24.0. The topological polar surface area (TPSA) is 116 Å². The number of esters is 3. The lowest BCUT2D eigenvalue weighted by molar-refractivity contribution is -0.00610. The molecule has 0 aromatic heterocycles. The Hall–Kier alpha value is -2.49. The quantitative estimate of drug-likeness (QED) is 0.170. The first-order valence-corrected chi connectivity index (χ1v) is 13.9. The van der Waals surface area contributed by atoms with Crippen LogP contribution < -0.4 is 0 Å². The highest BCUT2D eigenvalue weighted by Gasteiger charge is 2.33. The Balaban J connectivity index is 1.51. The standard InChI is InChI=1S/C30H42O9/c1-28(2,10-7-22-16-34-22)37-25(31)19-13-20(26(32)38-29(3,4)11-8-23-17-35-23)15-21(14-19)27(33)39-30(5,6)12-9-24-18-36-24/h13-15,22-24H,7-12,16-18H2,1-6H3. The minimum atomic E-state index is -0.750. The first kappa shape index (κ1) is 29.5. The summed E-state index contributed by atoms with van der Waals surface area (Å²) >= 11 is 0. The number of rotatable bonds is 15. The number of carbonyl (C=O) groups is 3. The first-order chi connectivity index (χ1) is 18.2. The molecule has 4 rings (SSSR count). The second kappa shape index (κ2) is 11.6. The van der Waals surface area contributed by atoms with E-state index in [0.29, 0.717) is 19.3 Å². The maximum absolute atomic E-state index is 13.2. The van der Waals surface area contributed by atoms with Crippen molar-refractivity contribution >= 4 is 17.9 Å². The average Bonchev–Trinajstić information content (AvgIpc) is 3.68. The summed E-state index contributed by atoms with van der Waals surface area (Å²) < 4.78 is 33.2. The lowest BCUT2D eigenvalue weighted by Crippen LogP contribution is -2.31. The fraction of sp³-hybridized carbons (Fsp3) is 0.700. The molecule has 0 amide bonds. The number of epoxide rings is 3. The van der Waals surface area contributed by atoms with Gasteiger partial charge in [0.25, 0.3) is 0 Å². The van der Waals surface area contributed by atoms with Gasteiger partial charge in [0, 0.05) is 0 Å². The van der Waals surface area contributed by atoms with Crippen molar-refractivity contribution in [3.63, 3.8) is 0 Å². The average molecular weight is 547 g/mol. The van der Waals surface area contributed by atoms with Crippen LogP contribution in [0.2, 0.25) is 0 Å². The molecule has 3 atom stereocenters. The second-order valence-electron chi connectivity index (χ2n) is 12.7. The summed E-state index contributed by atoms with van der Waals surface area (Å²) in [7, 11) is 0. The summed E-state index contributed by atoms with van der Waals surface area (Å²) in [5, 5.41) is 0. The highest BCUT2D eigenvalue weighted by atomic mass is 16.6. The summed E-state index contributed by atoms with van der Waals surface area (Å²) in [4.78, 5) is 39.7. The Labute approximate surface area is 230 Å².